The Hall–Kier alpha value is -3.90. The van der Waals surface area contributed by atoms with Crippen molar-refractivity contribution < 1.29 is 13.2 Å². The first-order chi connectivity index (χ1) is 18.4. The van der Waals surface area contributed by atoms with E-state index in [2.05, 4.69) is 30.6 Å². The quantitative estimate of drug-likeness (QED) is 0.392. The number of fused-ring (bicyclic) bond motifs is 4. The first kappa shape index (κ1) is 25.7. The maximum atomic E-state index is 12.8. The second-order valence-electron chi connectivity index (χ2n) is 9.39. The van der Waals surface area contributed by atoms with Gasteiger partial charge in [0.15, 0.2) is 5.82 Å². The summed E-state index contributed by atoms with van der Waals surface area (Å²) in [6.45, 7) is 5.43. The Morgan fingerprint density at radius 1 is 1.00 bits per heavy atom. The zero-order valence-corrected chi connectivity index (χ0v) is 22.1. The van der Waals surface area contributed by atoms with Crippen LogP contribution in [0.4, 0.5) is 33.6 Å². The normalized spacial score (nSPS) is 17.5. The molecule has 1 saturated heterocycles. The number of carbonyl (C=O) groups excluding carboxylic acids is 1. The van der Waals surface area contributed by atoms with Crippen molar-refractivity contribution >= 4 is 44.9 Å². The number of sulfonamides is 1. The van der Waals surface area contributed by atoms with Crippen LogP contribution in [0.1, 0.15) is 18.4 Å². The number of piperazine rings is 1. The first-order valence-corrected chi connectivity index (χ1v) is 14.2. The van der Waals surface area contributed by atoms with Crippen LogP contribution in [0.25, 0.3) is 0 Å². The molecule has 0 atom stereocenters. The monoisotopic (exact) mass is 536 g/mol. The molecule has 5 rings (SSSR count). The highest BCUT2D eigenvalue weighted by Gasteiger charge is 2.24. The van der Waals surface area contributed by atoms with Crippen molar-refractivity contribution in [1.82, 2.24) is 19.6 Å². The Kier molecular flexibility index (Phi) is 7.61. The molecule has 0 spiro atoms. The van der Waals surface area contributed by atoms with Crippen molar-refractivity contribution in [3.63, 3.8) is 0 Å². The number of nitrogens with zero attached hydrogens (tertiary/aromatic N) is 4. The van der Waals surface area contributed by atoms with Crippen LogP contribution in [-0.4, -0.2) is 68.6 Å². The van der Waals surface area contributed by atoms with Crippen molar-refractivity contribution in [3.05, 3.63) is 60.3 Å². The van der Waals surface area contributed by atoms with Gasteiger partial charge in [-0.25, -0.2) is 22.9 Å². The van der Waals surface area contributed by atoms with Gasteiger partial charge < -0.3 is 25.8 Å². The molecule has 12 heteroatoms. The molecule has 2 aliphatic heterocycles. The number of aryl methyl sites for hydroxylation is 1. The number of amides is 2. The van der Waals surface area contributed by atoms with Gasteiger partial charge in [-0.1, -0.05) is 18.2 Å². The van der Waals surface area contributed by atoms with Crippen LogP contribution < -0.4 is 25.6 Å². The largest absolute Gasteiger partial charge is 0.368 e. The molecule has 0 radical (unpaired) electrons. The summed E-state index contributed by atoms with van der Waals surface area (Å²) in [6, 6.07) is 14.3. The van der Waals surface area contributed by atoms with Crippen LogP contribution in [0.15, 0.2) is 59.6 Å². The SMILES string of the molecule is Cc1cccc(NC(=O)N2CCN(c3cnc4nc3NCCCCNS(=O)(=O)c3cccc(c3)N4)CC2)c1. The maximum absolute atomic E-state index is 12.8. The van der Waals surface area contributed by atoms with Gasteiger partial charge >= 0.3 is 6.03 Å². The molecular weight excluding hydrogens is 504 g/mol. The van der Waals surface area contributed by atoms with E-state index in [1.807, 2.05) is 36.1 Å². The lowest BCUT2D eigenvalue weighted by atomic mass is 10.2. The van der Waals surface area contributed by atoms with E-state index in [1.54, 1.807) is 30.5 Å². The lowest BCUT2D eigenvalue weighted by Gasteiger charge is -2.36. The van der Waals surface area contributed by atoms with E-state index in [0.29, 0.717) is 63.1 Å². The average Bonchev–Trinajstić information content (AvgIpc) is 2.91. The first-order valence-electron chi connectivity index (χ1n) is 12.7. The van der Waals surface area contributed by atoms with Crippen LogP contribution in [0.2, 0.25) is 0 Å². The summed E-state index contributed by atoms with van der Waals surface area (Å²) in [7, 11) is -3.58. The highest BCUT2D eigenvalue weighted by Crippen LogP contribution is 2.27. The molecule has 0 saturated carbocycles. The van der Waals surface area contributed by atoms with Crippen molar-refractivity contribution in [2.24, 2.45) is 0 Å². The molecule has 2 amide bonds. The molecule has 1 aromatic heterocycles. The van der Waals surface area contributed by atoms with E-state index < -0.39 is 10.0 Å². The van der Waals surface area contributed by atoms with Crippen LogP contribution in [0.3, 0.4) is 0 Å². The summed E-state index contributed by atoms with van der Waals surface area (Å²) in [5, 5.41) is 9.50. The third-order valence-corrected chi connectivity index (χ3v) is 7.99. The van der Waals surface area contributed by atoms with Crippen molar-refractivity contribution in [3.8, 4) is 0 Å². The average molecular weight is 537 g/mol. The van der Waals surface area contributed by atoms with Crippen LogP contribution in [0, 0.1) is 6.92 Å². The number of hydrogen-bond acceptors (Lipinski definition) is 8. The van der Waals surface area contributed by atoms with Gasteiger partial charge in [-0.15, -0.1) is 0 Å². The molecule has 4 bridgehead atoms. The molecule has 2 aromatic carbocycles. The third kappa shape index (κ3) is 6.14. The predicted molar refractivity (Wildman–Crippen MR) is 149 cm³/mol. The Labute approximate surface area is 222 Å². The third-order valence-electron chi connectivity index (χ3n) is 6.53. The minimum atomic E-state index is -3.58. The van der Waals surface area contributed by atoms with Gasteiger partial charge in [-0.05, 0) is 55.7 Å². The van der Waals surface area contributed by atoms with Crippen LogP contribution >= 0.6 is 0 Å². The number of hydrogen-bond donors (Lipinski definition) is 4. The van der Waals surface area contributed by atoms with E-state index in [4.69, 9.17) is 4.98 Å². The summed E-state index contributed by atoms with van der Waals surface area (Å²) in [5.74, 6) is 1.07. The molecule has 200 valence electrons. The maximum Gasteiger partial charge on any atom is 0.321 e. The van der Waals surface area contributed by atoms with Crippen molar-refractivity contribution in [2.45, 2.75) is 24.7 Å². The smallest absolute Gasteiger partial charge is 0.321 e. The Morgan fingerprint density at radius 2 is 1.79 bits per heavy atom. The second-order valence-corrected chi connectivity index (χ2v) is 11.2. The zero-order chi connectivity index (χ0) is 26.5. The van der Waals surface area contributed by atoms with Gasteiger partial charge in [0.1, 0.15) is 0 Å². The van der Waals surface area contributed by atoms with E-state index in [1.165, 1.54) is 0 Å². The molecule has 4 N–H and O–H groups in total. The second kappa shape index (κ2) is 11.2. The number of aromatic nitrogens is 2. The number of carbonyl (C=O) groups is 1. The Morgan fingerprint density at radius 3 is 2.61 bits per heavy atom. The molecule has 38 heavy (non-hydrogen) atoms. The standard InChI is InChI=1S/C26H32N8O3S/c1-19-6-4-7-20(16-19)31-26(35)34-14-12-33(13-15-34)23-18-28-25-30-21-8-5-9-22(17-21)38(36,37)29-11-3-2-10-27-24(23)32-25/h4-9,16-18,29H,2-3,10-15H2,1H3,(H,31,35)(H2,27,28,30,32). The van der Waals surface area contributed by atoms with Gasteiger partial charge in [0.25, 0.3) is 0 Å². The van der Waals surface area contributed by atoms with Gasteiger partial charge in [0, 0.05) is 50.6 Å². The highest BCUT2D eigenvalue weighted by atomic mass is 32.2. The minimum Gasteiger partial charge on any atom is -0.368 e. The lowest BCUT2D eigenvalue weighted by molar-refractivity contribution is 0.208. The van der Waals surface area contributed by atoms with Crippen LogP contribution in [-0.2, 0) is 10.0 Å². The van der Waals surface area contributed by atoms with E-state index in [0.717, 1.165) is 23.4 Å². The molecule has 0 aliphatic carbocycles. The fraction of sp³-hybridized carbons (Fsp3) is 0.346. The van der Waals surface area contributed by atoms with Gasteiger partial charge in [-0.3, -0.25) is 0 Å². The Balaban J connectivity index is 1.30. The highest BCUT2D eigenvalue weighted by molar-refractivity contribution is 7.89. The van der Waals surface area contributed by atoms with E-state index in [-0.39, 0.29) is 10.9 Å². The molecular formula is C26H32N8O3S. The summed E-state index contributed by atoms with van der Waals surface area (Å²) in [4.78, 5) is 26.2. The summed E-state index contributed by atoms with van der Waals surface area (Å²) in [6.07, 6.45) is 3.22. The predicted octanol–water partition coefficient (Wildman–Crippen LogP) is 3.37. The fourth-order valence-corrected chi connectivity index (χ4v) is 5.61. The zero-order valence-electron chi connectivity index (χ0n) is 21.3. The molecule has 0 unspecified atom stereocenters. The lowest BCUT2D eigenvalue weighted by Crippen LogP contribution is -2.50. The van der Waals surface area contributed by atoms with Gasteiger partial charge in [-0.2, -0.15) is 4.98 Å². The molecule has 3 heterocycles. The molecule has 1 fully saturated rings. The van der Waals surface area contributed by atoms with E-state index >= 15 is 0 Å². The molecule has 11 nitrogen and oxygen atoms in total. The number of rotatable bonds is 2. The number of nitrogens with one attached hydrogen (secondary N) is 4. The number of benzene rings is 2. The van der Waals surface area contributed by atoms with E-state index in [9.17, 15) is 13.2 Å². The Bertz CT molecular complexity index is 1410. The summed E-state index contributed by atoms with van der Waals surface area (Å²) >= 11 is 0. The molecule has 2 aliphatic rings. The van der Waals surface area contributed by atoms with Gasteiger partial charge in [0.2, 0.25) is 16.0 Å². The van der Waals surface area contributed by atoms with Crippen molar-refractivity contribution in [2.75, 3.05) is 60.1 Å². The number of anilines is 5. The summed E-state index contributed by atoms with van der Waals surface area (Å²) < 4.78 is 27.8. The summed E-state index contributed by atoms with van der Waals surface area (Å²) in [5.41, 5.74) is 3.34. The fourth-order valence-electron chi connectivity index (χ4n) is 4.49. The molecule has 3 aromatic rings. The van der Waals surface area contributed by atoms with Crippen LogP contribution in [0.5, 0.6) is 0 Å². The topological polar surface area (TPSA) is 132 Å². The van der Waals surface area contributed by atoms with Crippen molar-refractivity contribution in [1.29, 1.82) is 0 Å². The van der Waals surface area contributed by atoms with Gasteiger partial charge in [0.05, 0.1) is 16.8 Å². The minimum absolute atomic E-state index is 0.108. The number of urea groups is 1.